The van der Waals surface area contributed by atoms with Gasteiger partial charge >= 0.3 is 23.9 Å². The molecule has 0 saturated carbocycles. The molecule has 0 bridgehead atoms. The molecule has 13 nitrogen and oxygen atoms in total. The molecule has 288 valence electrons. The summed E-state index contributed by atoms with van der Waals surface area (Å²) in [4.78, 5) is 82.0. The maximum Gasteiger partial charge on any atom is 0.311 e. The topological polar surface area (TPSA) is 164 Å². The molecule has 2 amide bonds. The van der Waals surface area contributed by atoms with E-state index in [9.17, 15) is 28.8 Å². The van der Waals surface area contributed by atoms with Crippen LogP contribution >= 0.6 is 0 Å². The van der Waals surface area contributed by atoms with Gasteiger partial charge < -0.3 is 33.9 Å². The lowest BCUT2D eigenvalue weighted by molar-refractivity contribution is -0.284. The smallest absolute Gasteiger partial charge is 0.311 e. The number of nitrogens with one attached hydrogen (secondary N) is 1. The lowest BCUT2D eigenvalue weighted by Gasteiger charge is -2.50. The predicted octanol–water partition coefficient (Wildman–Crippen LogP) is 4.96. The number of amides is 2. The van der Waals surface area contributed by atoms with Gasteiger partial charge in [-0.1, -0.05) is 20.8 Å². The SMILES string of the molecule is CC(C)(C)NC(=O)[C@@H](N(C=O)[C@@H]1O[C@H](COC(=O)C(C)(C)C)[C@H](OC(=O)C(C)(C)C)[C@H](OC(=O)C(C)(C)C)[C@H]1OC(=O)C(C)(C)C)C(C)(C)C. The number of hydrogen-bond donors (Lipinski definition) is 1. The van der Waals surface area contributed by atoms with Gasteiger partial charge in [0, 0.05) is 5.54 Å². The summed E-state index contributed by atoms with van der Waals surface area (Å²) < 4.78 is 30.3. The van der Waals surface area contributed by atoms with Crippen LogP contribution in [-0.2, 0) is 52.5 Å². The summed E-state index contributed by atoms with van der Waals surface area (Å²) in [5.74, 6) is -3.32. The van der Waals surface area contributed by atoms with E-state index in [1.807, 2.05) is 0 Å². The summed E-state index contributed by atoms with van der Waals surface area (Å²) >= 11 is 0. The van der Waals surface area contributed by atoms with Crippen molar-refractivity contribution in [3.05, 3.63) is 0 Å². The van der Waals surface area contributed by atoms with Crippen molar-refractivity contribution >= 4 is 36.2 Å². The lowest BCUT2D eigenvalue weighted by Crippen LogP contribution is -2.70. The molecule has 0 aliphatic carbocycles. The van der Waals surface area contributed by atoms with Gasteiger partial charge in [0.25, 0.3) is 0 Å². The Morgan fingerprint density at radius 2 is 1.00 bits per heavy atom. The Bertz CT molecular complexity index is 1250. The van der Waals surface area contributed by atoms with Crippen molar-refractivity contribution in [3.63, 3.8) is 0 Å². The van der Waals surface area contributed by atoms with Crippen LogP contribution in [0, 0.1) is 27.1 Å². The average Bonchev–Trinajstić information content (AvgIpc) is 2.88. The second-order valence-electron chi connectivity index (χ2n) is 19.3. The van der Waals surface area contributed by atoms with Gasteiger partial charge in [-0.05, 0) is 109 Å². The van der Waals surface area contributed by atoms with Gasteiger partial charge in [-0.25, -0.2) is 0 Å². The zero-order valence-electron chi connectivity index (χ0n) is 33.7. The van der Waals surface area contributed by atoms with Gasteiger partial charge in [-0.3, -0.25) is 28.8 Å². The van der Waals surface area contributed by atoms with Gasteiger partial charge in [0.15, 0.2) is 24.5 Å². The first kappa shape index (κ1) is 44.8. The van der Waals surface area contributed by atoms with Crippen molar-refractivity contribution in [1.82, 2.24) is 10.2 Å². The maximum absolute atomic E-state index is 14.0. The standard InChI is InChI=1S/C37H64N2O11/c1-32(2,3)25(26(41)38-37(16,17)18)39(20-40)27-24(50-31(45)36(13,14)15)23(49-30(44)35(10,11)12)22(48-29(43)34(7,8)9)21(47-27)19-46-28(42)33(4,5)6/h20-25,27H,19H2,1-18H3,(H,38,41)/t21-,22+,23+,24-,25-,27-/m1/s1. The first-order valence-corrected chi connectivity index (χ1v) is 17.1. The Balaban J connectivity index is 4.21. The normalized spacial score (nSPS) is 22.8. The molecule has 0 unspecified atom stereocenters. The largest absolute Gasteiger partial charge is 0.462 e. The Labute approximate surface area is 299 Å². The van der Waals surface area contributed by atoms with Crippen molar-refractivity contribution in [2.45, 2.75) is 167 Å². The van der Waals surface area contributed by atoms with Crippen LogP contribution in [0.15, 0.2) is 0 Å². The van der Waals surface area contributed by atoms with Crippen molar-refractivity contribution in [3.8, 4) is 0 Å². The van der Waals surface area contributed by atoms with E-state index in [1.54, 1.807) is 125 Å². The summed E-state index contributed by atoms with van der Waals surface area (Å²) in [6.07, 6.45) is -7.21. The average molecular weight is 713 g/mol. The maximum atomic E-state index is 14.0. The van der Waals surface area contributed by atoms with Crippen LogP contribution in [0.1, 0.15) is 125 Å². The second-order valence-corrected chi connectivity index (χ2v) is 19.3. The van der Waals surface area contributed by atoms with Gasteiger partial charge in [0.1, 0.15) is 18.8 Å². The minimum atomic E-state index is -1.61. The molecule has 1 heterocycles. The molecule has 1 aliphatic heterocycles. The summed E-state index contributed by atoms with van der Waals surface area (Å²) in [7, 11) is 0. The summed E-state index contributed by atoms with van der Waals surface area (Å²) in [5, 5.41) is 2.92. The lowest BCUT2D eigenvalue weighted by atomic mass is 9.83. The number of carbonyl (C=O) groups excluding carboxylic acids is 6. The summed E-state index contributed by atoms with van der Waals surface area (Å²) in [5.41, 5.74) is -5.74. The quantitative estimate of drug-likeness (QED) is 0.195. The third-order valence-corrected chi connectivity index (χ3v) is 7.45. The van der Waals surface area contributed by atoms with Gasteiger partial charge in [-0.15, -0.1) is 0 Å². The van der Waals surface area contributed by atoms with Crippen LogP contribution in [-0.4, -0.2) is 89.9 Å². The second kappa shape index (κ2) is 15.6. The van der Waals surface area contributed by atoms with Crippen LogP contribution in [0.25, 0.3) is 0 Å². The highest BCUT2D eigenvalue weighted by atomic mass is 16.7. The minimum Gasteiger partial charge on any atom is -0.462 e. The van der Waals surface area contributed by atoms with Gasteiger partial charge in [0.2, 0.25) is 12.3 Å². The Morgan fingerprint density at radius 1 is 0.620 bits per heavy atom. The third kappa shape index (κ3) is 12.5. The highest BCUT2D eigenvalue weighted by Crippen LogP contribution is 2.37. The molecule has 1 aliphatic rings. The first-order chi connectivity index (χ1) is 22.1. The van der Waals surface area contributed by atoms with E-state index < -0.39 is 106 Å². The van der Waals surface area contributed by atoms with Crippen LogP contribution in [0.4, 0.5) is 0 Å². The molecule has 50 heavy (non-hydrogen) atoms. The highest BCUT2D eigenvalue weighted by molar-refractivity contribution is 5.85. The Hall–Kier alpha value is -3.22. The number of nitrogens with zero attached hydrogens (tertiary/aromatic N) is 1. The van der Waals surface area contributed by atoms with Crippen molar-refractivity contribution in [2.75, 3.05) is 6.61 Å². The van der Waals surface area contributed by atoms with Crippen molar-refractivity contribution in [1.29, 1.82) is 0 Å². The third-order valence-electron chi connectivity index (χ3n) is 7.45. The molecule has 1 rings (SSSR count). The van der Waals surface area contributed by atoms with E-state index >= 15 is 0 Å². The van der Waals surface area contributed by atoms with Crippen LogP contribution in [0.2, 0.25) is 0 Å². The summed E-state index contributed by atoms with van der Waals surface area (Å²) in [6, 6.07) is -1.22. The minimum absolute atomic E-state index is 0.406. The van der Waals surface area contributed by atoms with E-state index in [0.717, 1.165) is 4.90 Å². The molecule has 0 aromatic rings. The fraction of sp³-hybridized carbons (Fsp3) is 0.838. The molecule has 0 spiro atoms. The number of ether oxygens (including phenoxy) is 5. The van der Waals surface area contributed by atoms with Gasteiger partial charge in [0.05, 0.1) is 21.7 Å². The summed E-state index contributed by atoms with van der Waals surface area (Å²) in [6.45, 7) is 29.7. The number of esters is 4. The molecular formula is C37H64N2O11. The van der Waals surface area contributed by atoms with Crippen LogP contribution < -0.4 is 5.32 Å². The first-order valence-electron chi connectivity index (χ1n) is 17.1. The molecule has 13 heteroatoms. The van der Waals surface area contributed by atoms with Gasteiger partial charge in [-0.2, -0.15) is 0 Å². The molecular weight excluding hydrogens is 648 g/mol. The monoisotopic (exact) mass is 712 g/mol. The molecule has 0 aromatic heterocycles. The molecule has 6 atom stereocenters. The van der Waals surface area contributed by atoms with Crippen LogP contribution in [0.3, 0.4) is 0 Å². The van der Waals surface area contributed by atoms with E-state index in [4.69, 9.17) is 23.7 Å². The predicted molar refractivity (Wildman–Crippen MR) is 186 cm³/mol. The molecule has 1 N–H and O–H groups in total. The van der Waals surface area contributed by atoms with E-state index in [2.05, 4.69) is 5.32 Å². The molecule has 0 radical (unpaired) electrons. The van der Waals surface area contributed by atoms with E-state index in [0.29, 0.717) is 6.41 Å². The van der Waals surface area contributed by atoms with E-state index in [1.165, 1.54) is 0 Å². The number of hydrogen-bond acceptors (Lipinski definition) is 11. The Kier molecular flexibility index (Phi) is 14.0. The van der Waals surface area contributed by atoms with Crippen LogP contribution in [0.5, 0.6) is 0 Å². The fourth-order valence-corrected chi connectivity index (χ4v) is 4.63. The fourth-order valence-electron chi connectivity index (χ4n) is 4.63. The molecule has 0 aromatic carbocycles. The van der Waals surface area contributed by atoms with Crippen molar-refractivity contribution < 1.29 is 52.5 Å². The Morgan fingerprint density at radius 3 is 1.34 bits per heavy atom. The number of rotatable bonds is 9. The van der Waals surface area contributed by atoms with E-state index in [-0.39, 0.29) is 0 Å². The zero-order valence-corrected chi connectivity index (χ0v) is 33.7. The molecule has 1 saturated heterocycles. The van der Waals surface area contributed by atoms with Crippen molar-refractivity contribution in [2.24, 2.45) is 27.1 Å². The molecule has 1 fully saturated rings. The zero-order chi connectivity index (χ0) is 39.6. The number of carbonyl (C=O) groups is 6. The highest BCUT2D eigenvalue weighted by Gasteiger charge is 2.58.